The zero-order valence-electron chi connectivity index (χ0n) is 10.6. The van der Waals surface area contributed by atoms with E-state index >= 15 is 0 Å². The summed E-state index contributed by atoms with van der Waals surface area (Å²) in [5, 5.41) is 26.1. The predicted octanol–water partition coefficient (Wildman–Crippen LogP) is 1.28. The van der Waals surface area contributed by atoms with Gasteiger partial charge in [0.25, 0.3) is 0 Å². The van der Waals surface area contributed by atoms with E-state index in [1.165, 1.54) is 6.08 Å². The first-order valence-corrected chi connectivity index (χ1v) is 5.99. The SMILES string of the molecule is Cc1nc2n(n1)[C@@H](c1ccccc1O)C=C(C(=O)O)N2. The summed E-state index contributed by atoms with van der Waals surface area (Å²) < 4.78 is 1.55. The maximum atomic E-state index is 11.2. The van der Waals surface area contributed by atoms with Gasteiger partial charge in [0, 0.05) is 5.56 Å². The number of aryl methyl sites for hydroxylation is 1. The van der Waals surface area contributed by atoms with E-state index in [4.69, 9.17) is 5.11 Å². The number of fused-ring (bicyclic) bond motifs is 1. The molecule has 0 amide bonds. The van der Waals surface area contributed by atoms with Crippen LogP contribution in [0.25, 0.3) is 0 Å². The smallest absolute Gasteiger partial charge is 0.352 e. The van der Waals surface area contributed by atoms with Gasteiger partial charge >= 0.3 is 5.97 Å². The predicted molar refractivity (Wildman–Crippen MR) is 70.3 cm³/mol. The summed E-state index contributed by atoms with van der Waals surface area (Å²) in [5.74, 6) is -0.138. The van der Waals surface area contributed by atoms with Crippen molar-refractivity contribution in [3.05, 3.63) is 47.4 Å². The summed E-state index contributed by atoms with van der Waals surface area (Å²) in [5.41, 5.74) is 0.581. The standard InChI is InChI=1S/C13H12N4O3/c1-7-14-13-15-9(12(19)20)6-10(17(13)16-7)8-4-2-3-5-11(8)18/h2-6,10,18H,1H3,(H,19,20)(H,14,15,16)/t10-/m1/s1. The molecular weight excluding hydrogens is 260 g/mol. The van der Waals surface area contributed by atoms with Crippen molar-refractivity contribution in [2.45, 2.75) is 13.0 Å². The van der Waals surface area contributed by atoms with E-state index in [0.29, 0.717) is 17.3 Å². The molecule has 2 aromatic rings. The highest BCUT2D eigenvalue weighted by molar-refractivity contribution is 5.90. The summed E-state index contributed by atoms with van der Waals surface area (Å²) in [4.78, 5) is 15.3. The number of rotatable bonds is 2. The van der Waals surface area contributed by atoms with Crippen LogP contribution in [0.1, 0.15) is 17.4 Å². The molecule has 7 heteroatoms. The number of aromatic hydroxyl groups is 1. The highest BCUT2D eigenvalue weighted by Crippen LogP contribution is 2.33. The molecular formula is C13H12N4O3. The number of aromatic nitrogens is 3. The maximum Gasteiger partial charge on any atom is 0.352 e. The van der Waals surface area contributed by atoms with Gasteiger partial charge in [-0.3, -0.25) is 0 Å². The number of anilines is 1. The number of hydrogen-bond donors (Lipinski definition) is 3. The van der Waals surface area contributed by atoms with Crippen LogP contribution in [0.15, 0.2) is 36.0 Å². The number of hydrogen-bond acceptors (Lipinski definition) is 5. The van der Waals surface area contributed by atoms with Gasteiger partial charge in [0.1, 0.15) is 23.3 Å². The number of nitrogens with one attached hydrogen (secondary N) is 1. The van der Waals surface area contributed by atoms with Crippen molar-refractivity contribution in [2.75, 3.05) is 5.32 Å². The minimum atomic E-state index is -1.09. The Kier molecular flexibility index (Phi) is 2.67. The van der Waals surface area contributed by atoms with E-state index in [0.717, 1.165) is 0 Å². The second-order valence-electron chi connectivity index (χ2n) is 4.44. The van der Waals surface area contributed by atoms with E-state index in [1.807, 2.05) is 0 Å². The Bertz CT molecular complexity index is 720. The fourth-order valence-electron chi connectivity index (χ4n) is 2.18. The van der Waals surface area contributed by atoms with Crippen LogP contribution in [-0.2, 0) is 4.79 Å². The van der Waals surface area contributed by atoms with Gasteiger partial charge in [-0.2, -0.15) is 10.1 Å². The molecule has 0 unspecified atom stereocenters. The van der Waals surface area contributed by atoms with Gasteiger partial charge in [-0.1, -0.05) is 18.2 Å². The third kappa shape index (κ3) is 1.89. The largest absolute Gasteiger partial charge is 0.508 e. The van der Waals surface area contributed by atoms with Gasteiger partial charge in [0.2, 0.25) is 5.95 Å². The number of aliphatic carboxylic acids is 1. The van der Waals surface area contributed by atoms with Gasteiger partial charge in [-0.25, -0.2) is 9.48 Å². The van der Waals surface area contributed by atoms with Crippen LogP contribution >= 0.6 is 0 Å². The number of phenols is 1. The van der Waals surface area contributed by atoms with Crippen molar-refractivity contribution in [3.63, 3.8) is 0 Å². The van der Waals surface area contributed by atoms with Gasteiger partial charge in [-0.15, -0.1) is 0 Å². The van der Waals surface area contributed by atoms with Crippen LogP contribution in [0.3, 0.4) is 0 Å². The molecule has 1 aromatic heterocycles. The first-order chi connectivity index (χ1) is 9.56. The maximum absolute atomic E-state index is 11.2. The molecule has 1 aliphatic rings. The molecule has 0 bridgehead atoms. The first-order valence-electron chi connectivity index (χ1n) is 5.99. The van der Waals surface area contributed by atoms with Crippen LogP contribution in [0.5, 0.6) is 5.75 Å². The van der Waals surface area contributed by atoms with Crippen LogP contribution in [-0.4, -0.2) is 30.9 Å². The van der Waals surface area contributed by atoms with Crippen LogP contribution in [0.2, 0.25) is 0 Å². The topological polar surface area (TPSA) is 100 Å². The van der Waals surface area contributed by atoms with Gasteiger partial charge in [0.15, 0.2) is 0 Å². The Labute approximate surface area is 114 Å². The number of para-hydroxylation sites is 1. The third-order valence-corrected chi connectivity index (χ3v) is 3.06. The van der Waals surface area contributed by atoms with Crippen LogP contribution < -0.4 is 5.32 Å². The van der Waals surface area contributed by atoms with E-state index in [2.05, 4.69) is 15.4 Å². The number of benzene rings is 1. The van der Waals surface area contributed by atoms with Gasteiger partial charge in [0.05, 0.1) is 0 Å². The highest BCUT2D eigenvalue weighted by atomic mass is 16.4. The Balaban J connectivity index is 2.17. The van der Waals surface area contributed by atoms with Crippen molar-refractivity contribution < 1.29 is 15.0 Å². The highest BCUT2D eigenvalue weighted by Gasteiger charge is 2.27. The Morgan fingerprint density at radius 3 is 2.85 bits per heavy atom. The molecule has 1 atom stereocenters. The molecule has 1 aliphatic heterocycles. The van der Waals surface area contributed by atoms with E-state index < -0.39 is 12.0 Å². The number of allylic oxidation sites excluding steroid dienone is 1. The molecule has 3 rings (SSSR count). The molecule has 102 valence electrons. The lowest BCUT2D eigenvalue weighted by Gasteiger charge is -2.22. The fraction of sp³-hybridized carbons (Fsp3) is 0.154. The average Bonchev–Trinajstić information content (AvgIpc) is 2.78. The van der Waals surface area contributed by atoms with E-state index in [1.54, 1.807) is 35.9 Å². The van der Waals surface area contributed by atoms with Gasteiger partial charge in [-0.05, 0) is 19.1 Å². The molecule has 1 aromatic carbocycles. The second-order valence-corrected chi connectivity index (χ2v) is 4.44. The molecule has 0 saturated carbocycles. The molecule has 0 radical (unpaired) electrons. The summed E-state index contributed by atoms with van der Waals surface area (Å²) >= 11 is 0. The molecule has 7 nitrogen and oxygen atoms in total. The summed E-state index contributed by atoms with van der Waals surface area (Å²) in [6.45, 7) is 1.72. The Morgan fingerprint density at radius 2 is 2.15 bits per heavy atom. The molecule has 0 spiro atoms. The number of nitrogens with zero attached hydrogens (tertiary/aromatic N) is 3. The zero-order chi connectivity index (χ0) is 14.3. The molecule has 0 aliphatic carbocycles. The van der Waals surface area contributed by atoms with Crippen molar-refractivity contribution >= 4 is 11.9 Å². The third-order valence-electron chi connectivity index (χ3n) is 3.06. The lowest BCUT2D eigenvalue weighted by molar-refractivity contribution is -0.132. The number of carbonyl (C=O) groups is 1. The van der Waals surface area contributed by atoms with Crippen LogP contribution in [0.4, 0.5) is 5.95 Å². The Morgan fingerprint density at radius 1 is 1.40 bits per heavy atom. The molecule has 0 fully saturated rings. The Hall–Kier alpha value is -2.83. The quantitative estimate of drug-likeness (QED) is 0.761. The fourth-order valence-corrected chi connectivity index (χ4v) is 2.18. The first kappa shape index (κ1) is 12.2. The van der Waals surface area contributed by atoms with Crippen molar-refractivity contribution in [1.82, 2.24) is 14.8 Å². The number of phenolic OH excluding ortho intramolecular Hbond substituents is 1. The number of carboxylic acid groups (broad SMARTS) is 1. The average molecular weight is 272 g/mol. The van der Waals surface area contributed by atoms with Crippen molar-refractivity contribution in [2.24, 2.45) is 0 Å². The molecule has 0 saturated heterocycles. The van der Waals surface area contributed by atoms with Crippen molar-refractivity contribution in [1.29, 1.82) is 0 Å². The molecule has 2 heterocycles. The lowest BCUT2D eigenvalue weighted by Crippen LogP contribution is -2.24. The number of carboxylic acids is 1. The molecule has 3 N–H and O–H groups in total. The molecule has 20 heavy (non-hydrogen) atoms. The summed E-state index contributed by atoms with van der Waals surface area (Å²) in [6.07, 6.45) is 1.50. The van der Waals surface area contributed by atoms with Gasteiger partial charge < -0.3 is 15.5 Å². The van der Waals surface area contributed by atoms with Crippen molar-refractivity contribution in [3.8, 4) is 5.75 Å². The second kappa shape index (κ2) is 4.37. The van der Waals surface area contributed by atoms with E-state index in [-0.39, 0.29) is 11.4 Å². The zero-order valence-corrected chi connectivity index (χ0v) is 10.6. The van der Waals surface area contributed by atoms with Crippen LogP contribution in [0, 0.1) is 6.92 Å². The minimum Gasteiger partial charge on any atom is -0.508 e. The minimum absolute atomic E-state index is 0.0122. The normalized spacial score (nSPS) is 17.1. The summed E-state index contributed by atoms with van der Waals surface area (Å²) in [7, 11) is 0. The van der Waals surface area contributed by atoms with E-state index in [9.17, 15) is 9.90 Å². The summed E-state index contributed by atoms with van der Waals surface area (Å²) in [6, 6.07) is 6.24. The lowest BCUT2D eigenvalue weighted by atomic mass is 10.0. The monoisotopic (exact) mass is 272 g/mol.